The van der Waals surface area contributed by atoms with Crippen LogP contribution in [0.1, 0.15) is 40.7 Å². The quantitative estimate of drug-likeness (QED) is 0.491. The van der Waals surface area contributed by atoms with Crippen molar-refractivity contribution in [3.63, 3.8) is 0 Å². The number of hydrogen-bond acceptors (Lipinski definition) is 5. The zero-order valence-corrected chi connectivity index (χ0v) is 17.5. The molecule has 2 aromatic rings. The largest absolute Gasteiger partial charge is 0.508 e. The van der Waals surface area contributed by atoms with Gasteiger partial charge in [-0.2, -0.15) is 0 Å². The minimum Gasteiger partial charge on any atom is -0.508 e. The van der Waals surface area contributed by atoms with Crippen molar-refractivity contribution in [2.45, 2.75) is 24.7 Å². The van der Waals surface area contributed by atoms with Gasteiger partial charge in [0.05, 0.1) is 13.2 Å². The second-order valence-corrected chi connectivity index (χ2v) is 7.81. The van der Waals surface area contributed by atoms with Crippen molar-refractivity contribution in [2.75, 3.05) is 39.9 Å². The third-order valence-corrected chi connectivity index (χ3v) is 5.85. The van der Waals surface area contributed by atoms with Gasteiger partial charge < -0.3 is 24.9 Å². The van der Waals surface area contributed by atoms with E-state index < -0.39 is 0 Å². The number of carbonyl (C=O) groups excluding carboxylic acids is 2. The van der Waals surface area contributed by atoms with E-state index in [1.165, 1.54) is 0 Å². The number of benzene rings is 2. The van der Waals surface area contributed by atoms with Gasteiger partial charge in [-0.1, -0.05) is 30.3 Å². The van der Waals surface area contributed by atoms with Crippen LogP contribution in [0.2, 0.25) is 0 Å². The molecular weight excluding hydrogens is 380 g/mol. The van der Waals surface area contributed by atoms with Crippen molar-refractivity contribution in [1.29, 1.82) is 0 Å². The molecule has 0 bridgehead atoms. The Labute approximate surface area is 177 Å². The topological polar surface area (TPSA) is 78.9 Å². The van der Waals surface area contributed by atoms with E-state index in [0.29, 0.717) is 31.7 Å². The molecule has 0 saturated carbocycles. The summed E-state index contributed by atoms with van der Waals surface area (Å²) in [6.45, 7) is 2.91. The van der Waals surface area contributed by atoms with Gasteiger partial charge in [0.2, 0.25) is 0 Å². The Hall–Kier alpha value is -2.70. The summed E-state index contributed by atoms with van der Waals surface area (Å²) in [5.41, 5.74) is 2.16. The smallest absolute Gasteiger partial charge is 0.251 e. The lowest BCUT2D eigenvalue weighted by Gasteiger charge is -2.42. The molecule has 0 atom stereocenters. The molecule has 2 N–H and O–H groups in total. The van der Waals surface area contributed by atoms with Crippen LogP contribution in [-0.4, -0.2) is 62.1 Å². The summed E-state index contributed by atoms with van der Waals surface area (Å²) in [6.07, 6.45) is 2.90. The SMILES string of the molecule is CN1CCC(c2ccccc2)(c2cc(C(=O)NCCOCCC=O)ccc2O)CC1. The molecule has 0 aliphatic carbocycles. The van der Waals surface area contributed by atoms with Crippen LogP contribution in [0.15, 0.2) is 48.5 Å². The molecule has 1 aliphatic rings. The Bertz CT molecular complexity index is 846. The van der Waals surface area contributed by atoms with E-state index in [2.05, 4.69) is 29.4 Å². The average Bonchev–Trinajstić information content (AvgIpc) is 2.78. The predicted octanol–water partition coefficient (Wildman–Crippen LogP) is 2.74. The van der Waals surface area contributed by atoms with Crippen LogP contribution < -0.4 is 5.32 Å². The van der Waals surface area contributed by atoms with Gasteiger partial charge >= 0.3 is 0 Å². The lowest BCUT2D eigenvalue weighted by Crippen LogP contribution is -2.41. The van der Waals surface area contributed by atoms with E-state index in [1.54, 1.807) is 12.1 Å². The molecule has 0 spiro atoms. The number of phenols is 1. The van der Waals surface area contributed by atoms with Gasteiger partial charge in [-0.15, -0.1) is 0 Å². The average molecular weight is 411 g/mol. The number of hydrogen-bond donors (Lipinski definition) is 2. The zero-order chi connectivity index (χ0) is 21.4. The summed E-state index contributed by atoms with van der Waals surface area (Å²) in [5, 5.41) is 13.6. The number of rotatable bonds is 9. The van der Waals surface area contributed by atoms with E-state index in [4.69, 9.17) is 4.74 Å². The molecule has 30 heavy (non-hydrogen) atoms. The van der Waals surface area contributed by atoms with Gasteiger partial charge in [0, 0.05) is 29.5 Å². The number of aromatic hydroxyl groups is 1. The van der Waals surface area contributed by atoms with Crippen molar-refractivity contribution in [1.82, 2.24) is 10.2 Å². The van der Waals surface area contributed by atoms with E-state index in [9.17, 15) is 14.7 Å². The fourth-order valence-electron chi connectivity index (χ4n) is 4.10. The number of likely N-dealkylation sites (tertiary alicyclic amines) is 1. The summed E-state index contributed by atoms with van der Waals surface area (Å²) in [6, 6.07) is 15.3. The number of piperidine rings is 1. The molecule has 160 valence electrons. The maximum atomic E-state index is 12.7. The first kappa shape index (κ1) is 22.0. The fraction of sp³-hybridized carbons (Fsp3) is 0.417. The molecule has 1 heterocycles. The van der Waals surface area contributed by atoms with Gasteiger partial charge in [0.15, 0.2) is 0 Å². The molecule has 1 saturated heterocycles. The third-order valence-electron chi connectivity index (χ3n) is 5.85. The molecule has 2 aromatic carbocycles. The van der Waals surface area contributed by atoms with Crippen molar-refractivity contribution in [3.8, 4) is 5.75 Å². The minimum absolute atomic E-state index is 0.202. The first-order chi connectivity index (χ1) is 14.6. The molecule has 1 amide bonds. The highest BCUT2D eigenvalue weighted by molar-refractivity contribution is 5.94. The van der Waals surface area contributed by atoms with Crippen LogP contribution in [0.3, 0.4) is 0 Å². The molecule has 0 aromatic heterocycles. The highest BCUT2D eigenvalue weighted by atomic mass is 16.5. The Morgan fingerprint density at radius 2 is 1.90 bits per heavy atom. The molecule has 1 fully saturated rings. The number of ether oxygens (including phenoxy) is 1. The van der Waals surface area contributed by atoms with Crippen LogP contribution in [0, 0.1) is 0 Å². The lowest BCUT2D eigenvalue weighted by molar-refractivity contribution is -0.108. The standard InChI is InChI=1S/C24H30N2O4/c1-26-13-10-24(11-14-26,20-6-3-2-4-7-20)21-18-19(8-9-22(21)28)23(29)25-12-17-30-16-5-15-27/h2-4,6-9,15,18,28H,5,10-14,16-17H2,1H3,(H,25,29). The normalized spacial score (nSPS) is 16.2. The molecular formula is C24H30N2O4. The van der Waals surface area contributed by atoms with Crippen molar-refractivity contribution >= 4 is 12.2 Å². The number of nitrogens with one attached hydrogen (secondary N) is 1. The second-order valence-electron chi connectivity index (χ2n) is 7.81. The first-order valence-corrected chi connectivity index (χ1v) is 10.4. The Kier molecular flexibility index (Phi) is 7.60. The summed E-state index contributed by atoms with van der Waals surface area (Å²) in [7, 11) is 2.11. The van der Waals surface area contributed by atoms with Gasteiger partial charge in [0.25, 0.3) is 5.91 Å². The van der Waals surface area contributed by atoms with Gasteiger partial charge in [-0.25, -0.2) is 0 Å². The number of nitrogens with zero attached hydrogens (tertiary/aromatic N) is 1. The Morgan fingerprint density at radius 3 is 2.60 bits per heavy atom. The highest BCUT2D eigenvalue weighted by Crippen LogP contribution is 2.45. The Balaban J connectivity index is 1.82. The van der Waals surface area contributed by atoms with Crippen LogP contribution >= 0.6 is 0 Å². The summed E-state index contributed by atoms with van der Waals surface area (Å²) >= 11 is 0. The van der Waals surface area contributed by atoms with Gasteiger partial charge in [0.1, 0.15) is 12.0 Å². The highest BCUT2D eigenvalue weighted by Gasteiger charge is 2.39. The van der Waals surface area contributed by atoms with Gasteiger partial charge in [-0.05, 0) is 56.7 Å². The maximum absolute atomic E-state index is 12.7. The Morgan fingerprint density at radius 1 is 1.17 bits per heavy atom. The monoisotopic (exact) mass is 410 g/mol. The molecule has 0 radical (unpaired) electrons. The molecule has 6 heteroatoms. The number of amides is 1. The number of aldehydes is 1. The fourth-order valence-corrected chi connectivity index (χ4v) is 4.10. The second kappa shape index (κ2) is 10.4. The van der Waals surface area contributed by atoms with E-state index in [1.807, 2.05) is 24.3 Å². The molecule has 1 aliphatic heterocycles. The van der Waals surface area contributed by atoms with Gasteiger partial charge in [-0.3, -0.25) is 4.79 Å². The molecule has 3 rings (SSSR count). The van der Waals surface area contributed by atoms with Crippen molar-refractivity contribution in [3.05, 3.63) is 65.2 Å². The third kappa shape index (κ3) is 5.07. The first-order valence-electron chi connectivity index (χ1n) is 10.4. The lowest BCUT2D eigenvalue weighted by atomic mass is 9.67. The summed E-state index contributed by atoms with van der Waals surface area (Å²) in [4.78, 5) is 25.2. The molecule has 0 unspecified atom stereocenters. The molecule has 6 nitrogen and oxygen atoms in total. The van der Waals surface area contributed by atoms with E-state index >= 15 is 0 Å². The van der Waals surface area contributed by atoms with Crippen molar-refractivity contribution < 1.29 is 19.4 Å². The number of carbonyl (C=O) groups is 2. The van der Waals surface area contributed by atoms with Crippen LogP contribution in [0.4, 0.5) is 0 Å². The predicted molar refractivity (Wildman–Crippen MR) is 116 cm³/mol. The van der Waals surface area contributed by atoms with E-state index in [-0.39, 0.29) is 17.1 Å². The minimum atomic E-state index is -0.327. The summed E-state index contributed by atoms with van der Waals surface area (Å²) < 4.78 is 5.29. The maximum Gasteiger partial charge on any atom is 0.251 e. The number of phenolic OH excluding ortho intramolecular Hbond substituents is 1. The van der Waals surface area contributed by atoms with Crippen molar-refractivity contribution in [2.24, 2.45) is 0 Å². The van der Waals surface area contributed by atoms with Crippen LogP contribution in [0.25, 0.3) is 0 Å². The summed E-state index contributed by atoms with van der Waals surface area (Å²) in [5.74, 6) is 0.0172. The van der Waals surface area contributed by atoms with E-state index in [0.717, 1.165) is 43.3 Å². The van der Waals surface area contributed by atoms with Crippen LogP contribution in [0.5, 0.6) is 5.75 Å². The van der Waals surface area contributed by atoms with Crippen LogP contribution in [-0.2, 0) is 14.9 Å². The zero-order valence-electron chi connectivity index (χ0n) is 17.5.